The number of hydrogen-bond acceptors (Lipinski definition) is 5. The molecule has 2 aromatic rings. The normalized spacial score (nSPS) is 20.5. The van der Waals surface area contributed by atoms with E-state index in [1.165, 1.54) is 43.2 Å². The van der Waals surface area contributed by atoms with Crippen molar-refractivity contribution in [2.24, 2.45) is 0 Å². The molecule has 144 valence electrons. The van der Waals surface area contributed by atoms with Crippen LogP contribution in [0.15, 0.2) is 36.7 Å². The Labute approximate surface area is 163 Å². The largest absolute Gasteiger partial charge is 0.356 e. The van der Waals surface area contributed by atoms with Gasteiger partial charge in [-0.05, 0) is 57.3 Å². The molecule has 2 saturated heterocycles. The number of piperidine rings is 1. The van der Waals surface area contributed by atoms with Crippen LogP contribution in [0.3, 0.4) is 0 Å². The molecule has 0 bridgehead atoms. The average Bonchev–Trinajstić information content (AvgIpc) is 3.19. The van der Waals surface area contributed by atoms with E-state index in [4.69, 9.17) is 0 Å². The summed E-state index contributed by atoms with van der Waals surface area (Å²) >= 11 is 0. The third-order valence-electron chi connectivity index (χ3n) is 5.73. The zero-order valence-corrected chi connectivity index (χ0v) is 16.6. The number of nitrogens with zero attached hydrogens (tertiary/aromatic N) is 5. The standard InChI is InChI=1S/C22H31N5/c1-25(2)16-18-8-10-19(11-9-18)20-7-6-14-27(20)22-15-21(23-17-24-22)26-12-4-3-5-13-26/h8-11,15,17,20H,3-7,12-14,16H2,1-2H3/t20-/m0/s1. The molecule has 1 atom stereocenters. The third kappa shape index (κ3) is 4.24. The summed E-state index contributed by atoms with van der Waals surface area (Å²) < 4.78 is 0. The molecule has 27 heavy (non-hydrogen) atoms. The first-order valence-electron chi connectivity index (χ1n) is 10.3. The molecule has 2 fully saturated rings. The molecule has 0 unspecified atom stereocenters. The molecule has 0 N–H and O–H groups in total. The lowest BCUT2D eigenvalue weighted by atomic mass is 10.0. The van der Waals surface area contributed by atoms with E-state index in [1.54, 1.807) is 6.33 Å². The highest BCUT2D eigenvalue weighted by molar-refractivity contribution is 5.52. The van der Waals surface area contributed by atoms with Crippen LogP contribution in [0.2, 0.25) is 0 Å². The van der Waals surface area contributed by atoms with Crippen molar-refractivity contribution in [3.63, 3.8) is 0 Å². The lowest BCUT2D eigenvalue weighted by Crippen LogP contribution is -2.31. The highest BCUT2D eigenvalue weighted by Gasteiger charge is 2.27. The smallest absolute Gasteiger partial charge is 0.134 e. The van der Waals surface area contributed by atoms with E-state index < -0.39 is 0 Å². The summed E-state index contributed by atoms with van der Waals surface area (Å²) in [5, 5.41) is 0. The van der Waals surface area contributed by atoms with Crippen LogP contribution < -0.4 is 9.80 Å². The van der Waals surface area contributed by atoms with E-state index in [-0.39, 0.29) is 0 Å². The molecule has 0 aliphatic carbocycles. The average molecular weight is 366 g/mol. The van der Waals surface area contributed by atoms with Crippen LogP contribution in [-0.2, 0) is 6.54 Å². The second-order valence-electron chi connectivity index (χ2n) is 8.11. The maximum absolute atomic E-state index is 4.63. The van der Waals surface area contributed by atoms with E-state index in [9.17, 15) is 0 Å². The van der Waals surface area contributed by atoms with Crippen molar-refractivity contribution in [3.8, 4) is 0 Å². The van der Waals surface area contributed by atoms with Crippen LogP contribution in [0, 0.1) is 0 Å². The number of aromatic nitrogens is 2. The Hall–Kier alpha value is -2.14. The molecule has 5 heteroatoms. The van der Waals surface area contributed by atoms with Crippen LogP contribution in [0.25, 0.3) is 0 Å². The molecule has 1 aromatic carbocycles. The van der Waals surface area contributed by atoms with Crippen LogP contribution in [-0.4, -0.2) is 48.6 Å². The summed E-state index contributed by atoms with van der Waals surface area (Å²) in [7, 11) is 4.23. The zero-order chi connectivity index (χ0) is 18.6. The lowest BCUT2D eigenvalue weighted by Gasteiger charge is -2.30. The van der Waals surface area contributed by atoms with Gasteiger partial charge in [-0.25, -0.2) is 9.97 Å². The van der Waals surface area contributed by atoms with E-state index in [0.29, 0.717) is 6.04 Å². The summed E-state index contributed by atoms with van der Waals surface area (Å²) in [6, 6.07) is 11.8. The van der Waals surface area contributed by atoms with Crippen LogP contribution in [0.5, 0.6) is 0 Å². The Balaban J connectivity index is 1.52. The fourth-order valence-electron chi connectivity index (χ4n) is 4.39. The van der Waals surface area contributed by atoms with Gasteiger partial charge in [0, 0.05) is 32.2 Å². The topological polar surface area (TPSA) is 35.5 Å². The summed E-state index contributed by atoms with van der Waals surface area (Å²) in [4.78, 5) is 16.3. The van der Waals surface area contributed by atoms with Crippen LogP contribution in [0.1, 0.15) is 49.3 Å². The molecule has 0 amide bonds. The van der Waals surface area contributed by atoms with Crippen molar-refractivity contribution in [1.29, 1.82) is 0 Å². The molecule has 0 saturated carbocycles. The molecule has 5 nitrogen and oxygen atoms in total. The minimum Gasteiger partial charge on any atom is -0.356 e. The van der Waals surface area contributed by atoms with Gasteiger partial charge in [0.25, 0.3) is 0 Å². The van der Waals surface area contributed by atoms with E-state index >= 15 is 0 Å². The van der Waals surface area contributed by atoms with Gasteiger partial charge in [0.2, 0.25) is 0 Å². The SMILES string of the molecule is CN(C)Cc1ccc([C@@H]2CCCN2c2cc(N3CCCCC3)ncn2)cc1. The van der Waals surface area contributed by atoms with Gasteiger partial charge >= 0.3 is 0 Å². The van der Waals surface area contributed by atoms with Crippen molar-refractivity contribution in [2.75, 3.05) is 43.5 Å². The van der Waals surface area contributed by atoms with Crippen molar-refractivity contribution in [3.05, 3.63) is 47.8 Å². The summed E-state index contributed by atoms with van der Waals surface area (Å²) in [6.07, 6.45) is 8.03. The first kappa shape index (κ1) is 18.2. The molecule has 3 heterocycles. The van der Waals surface area contributed by atoms with Crippen molar-refractivity contribution in [2.45, 2.75) is 44.7 Å². The maximum Gasteiger partial charge on any atom is 0.134 e. The Morgan fingerprint density at radius 2 is 1.67 bits per heavy atom. The first-order chi connectivity index (χ1) is 13.2. The Bertz CT molecular complexity index is 737. The zero-order valence-electron chi connectivity index (χ0n) is 16.6. The quantitative estimate of drug-likeness (QED) is 0.804. The Kier molecular flexibility index (Phi) is 5.58. The minimum atomic E-state index is 0.419. The summed E-state index contributed by atoms with van der Waals surface area (Å²) in [6.45, 7) is 4.29. The minimum absolute atomic E-state index is 0.419. The van der Waals surface area contributed by atoms with Gasteiger partial charge in [-0.15, -0.1) is 0 Å². The first-order valence-corrected chi connectivity index (χ1v) is 10.3. The Morgan fingerprint density at radius 1 is 0.926 bits per heavy atom. The van der Waals surface area contributed by atoms with Crippen molar-refractivity contribution >= 4 is 11.6 Å². The number of rotatable bonds is 5. The van der Waals surface area contributed by atoms with Crippen molar-refractivity contribution in [1.82, 2.24) is 14.9 Å². The van der Waals surface area contributed by atoms with Gasteiger partial charge in [-0.3, -0.25) is 0 Å². The fourth-order valence-corrected chi connectivity index (χ4v) is 4.39. The molecular weight excluding hydrogens is 334 g/mol. The highest BCUT2D eigenvalue weighted by Crippen LogP contribution is 2.36. The second kappa shape index (κ2) is 8.26. The van der Waals surface area contributed by atoms with E-state index in [2.05, 4.69) is 69.1 Å². The van der Waals surface area contributed by atoms with E-state index in [1.807, 2.05) is 0 Å². The van der Waals surface area contributed by atoms with Gasteiger partial charge < -0.3 is 14.7 Å². The monoisotopic (exact) mass is 365 g/mol. The lowest BCUT2D eigenvalue weighted by molar-refractivity contribution is 0.402. The van der Waals surface area contributed by atoms with Gasteiger partial charge in [0.05, 0.1) is 6.04 Å². The molecular formula is C22H31N5. The second-order valence-corrected chi connectivity index (χ2v) is 8.11. The van der Waals surface area contributed by atoms with Gasteiger partial charge in [0.1, 0.15) is 18.0 Å². The molecule has 2 aliphatic heterocycles. The Morgan fingerprint density at radius 3 is 2.41 bits per heavy atom. The molecule has 4 rings (SSSR count). The molecule has 0 radical (unpaired) electrons. The summed E-state index contributed by atoms with van der Waals surface area (Å²) in [5.74, 6) is 2.16. The van der Waals surface area contributed by atoms with E-state index in [0.717, 1.165) is 37.8 Å². The van der Waals surface area contributed by atoms with Gasteiger partial charge in [0.15, 0.2) is 0 Å². The highest BCUT2D eigenvalue weighted by atomic mass is 15.3. The van der Waals surface area contributed by atoms with Gasteiger partial charge in [-0.2, -0.15) is 0 Å². The predicted octanol–water partition coefficient (Wildman–Crippen LogP) is 3.87. The number of anilines is 2. The molecule has 2 aliphatic rings. The fraction of sp³-hybridized carbons (Fsp3) is 0.545. The number of benzene rings is 1. The molecule has 1 aromatic heterocycles. The maximum atomic E-state index is 4.63. The molecule has 0 spiro atoms. The van der Waals surface area contributed by atoms with Crippen LogP contribution in [0.4, 0.5) is 11.6 Å². The third-order valence-corrected chi connectivity index (χ3v) is 5.73. The number of hydrogen-bond donors (Lipinski definition) is 0. The van der Waals surface area contributed by atoms with Crippen molar-refractivity contribution < 1.29 is 0 Å². The van der Waals surface area contributed by atoms with Crippen LogP contribution >= 0.6 is 0 Å². The predicted molar refractivity (Wildman–Crippen MR) is 111 cm³/mol. The van der Waals surface area contributed by atoms with Gasteiger partial charge in [-0.1, -0.05) is 24.3 Å². The summed E-state index contributed by atoms with van der Waals surface area (Å²) in [5.41, 5.74) is 2.76.